The molecule has 0 saturated heterocycles. The molecule has 2 rings (SSSR count). The lowest BCUT2D eigenvalue weighted by molar-refractivity contribution is 0.0251. The lowest BCUT2D eigenvalue weighted by Gasteiger charge is -2.26. The molecule has 0 unspecified atom stereocenters. The molecule has 0 radical (unpaired) electrons. The first-order valence-corrected chi connectivity index (χ1v) is 7.34. The van der Waals surface area contributed by atoms with Gasteiger partial charge in [-0.3, -0.25) is 0 Å². The Hall–Kier alpha value is -0.840. The molecule has 106 valence electrons. The zero-order chi connectivity index (χ0) is 13.5. The van der Waals surface area contributed by atoms with Crippen LogP contribution in [0, 0.1) is 0 Å². The summed E-state index contributed by atoms with van der Waals surface area (Å²) in [5, 5.41) is 3.90. The Labute approximate surface area is 119 Å². The second-order valence-corrected chi connectivity index (χ2v) is 5.49. The van der Waals surface area contributed by atoms with Crippen molar-refractivity contribution < 1.29 is 4.74 Å². The average molecular weight is 284 g/mol. The van der Waals surface area contributed by atoms with Crippen molar-refractivity contribution in [3.8, 4) is 0 Å². The quantitative estimate of drug-likeness (QED) is 0.788. The van der Waals surface area contributed by atoms with Crippen molar-refractivity contribution >= 4 is 17.4 Å². The highest BCUT2D eigenvalue weighted by atomic mass is 35.5. The van der Waals surface area contributed by atoms with Crippen molar-refractivity contribution in [1.29, 1.82) is 0 Å². The van der Waals surface area contributed by atoms with Gasteiger partial charge in [0.1, 0.15) is 5.82 Å². The number of pyridine rings is 1. The fraction of sp³-hybridized carbons (Fsp3) is 0.643. The van der Waals surface area contributed by atoms with Crippen molar-refractivity contribution in [1.82, 2.24) is 4.98 Å². The number of nitrogens with one attached hydrogen (secondary N) is 1. The summed E-state index contributed by atoms with van der Waals surface area (Å²) in [7, 11) is 0. The molecule has 5 heteroatoms. The van der Waals surface area contributed by atoms with E-state index in [4.69, 9.17) is 22.1 Å². The third-order valence-electron chi connectivity index (χ3n) is 3.43. The summed E-state index contributed by atoms with van der Waals surface area (Å²) in [6, 6.07) is 4.10. The highest BCUT2D eigenvalue weighted by molar-refractivity contribution is 6.30. The van der Waals surface area contributed by atoms with E-state index in [1.54, 1.807) is 6.20 Å². The number of anilines is 1. The molecule has 0 atom stereocenters. The molecular formula is C14H22ClN3O. The first-order chi connectivity index (χ1) is 9.24. The molecule has 1 aliphatic carbocycles. The van der Waals surface area contributed by atoms with E-state index >= 15 is 0 Å². The van der Waals surface area contributed by atoms with Gasteiger partial charge in [-0.1, -0.05) is 11.6 Å². The van der Waals surface area contributed by atoms with Crippen LogP contribution in [0.25, 0.3) is 0 Å². The van der Waals surface area contributed by atoms with Crippen LogP contribution in [0.3, 0.4) is 0 Å². The molecule has 1 aromatic rings. The third-order valence-corrected chi connectivity index (χ3v) is 3.65. The topological polar surface area (TPSA) is 60.2 Å². The lowest BCUT2D eigenvalue weighted by Crippen LogP contribution is -2.30. The van der Waals surface area contributed by atoms with Crippen LogP contribution in [-0.4, -0.2) is 30.3 Å². The summed E-state index contributed by atoms with van der Waals surface area (Å²) in [6.07, 6.45) is 7.43. The maximum absolute atomic E-state index is 5.87. The Bertz CT molecular complexity index is 363. The van der Waals surface area contributed by atoms with Gasteiger partial charge in [0, 0.05) is 25.4 Å². The van der Waals surface area contributed by atoms with Gasteiger partial charge in [0.05, 0.1) is 11.1 Å². The average Bonchev–Trinajstić information content (AvgIpc) is 2.43. The van der Waals surface area contributed by atoms with Crippen molar-refractivity contribution in [3.63, 3.8) is 0 Å². The molecule has 1 aliphatic rings. The maximum Gasteiger partial charge on any atom is 0.125 e. The molecular weight excluding hydrogens is 262 g/mol. The fourth-order valence-electron chi connectivity index (χ4n) is 2.27. The Morgan fingerprint density at radius 1 is 1.32 bits per heavy atom. The van der Waals surface area contributed by atoms with Crippen LogP contribution in [0.2, 0.25) is 5.02 Å². The van der Waals surface area contributed by atoms with Crippen LogP contribution in [0.4, 0.5) is 5.82 Å². The number of hydrogen-bond donors (Lipinski definition) is 2. The Balaban J connectivity index is 1.53. The van der Waals surface area contributed by atoms with Crippen molar-refractivity contribution in [3.05, 3.63) is 23.4 Å². The van der Waals surface area contributed by atoms with Crippen LogP contribution in [0.5, 0.6) is 0 Å². The maximum atomic E-state index is 5.87. The van der Waals surface area contributed by atoms with Gasteiger partial charge in [0.15, 0.2) is 0 Å². The highest BCUT2D eigenvalue weighted by Crippen LogP contribution is 2.19. The summed E-state index contributed by atoms with van der Waals surface area (Å²) in [6.45, 7) is 1.65. The summed E-state index contributed by atoms with van der Waals surface area (Å²) >= 11 is 5.77. The first kappa shape index (κ1) is 14.6. The number of aromatic nitrogens is 1. The molecule has 0 aromatic carbocycles. The fourth-order valence-corrected chi connectivity index (χ4v) is 2.39. The van der Waals surface area contributed by atoms with Crippen molar-refractivity contribution in [2.75, 3.05) is 18.5 Å². The van der Waals surface area contributed by atoms with Crippen molar-refractivity contribution in [2.45, 2.75) is 44.2 Å². The summed E-state index contributed by atoms with van der Waals surface area (Å²) < 4.78 is 5.85. The number of halogens is 1. The number of ether oxygens (including phenoxy) is 1. The van der Waals surface area contributed by atoms with E-state index < -0.39 is 0 Å². The van der Waals surface area contributed by atoms with Crippen LogP contribution < -0.4 is 11.1 Å². The van der Waals surface area contributed by atoms with Crippen molar-refractivity contribution in [2.24, 2.45) is 5.73 Å². The van der Waals surface area contributed by atoms with Crippen LogP contribution in [0.15, 0.2) is 18.3 Å². The van der Waals surface area contributed by atoms with E-state index in [1.165, 1.54) is 0 Å². The minimum Gasteiger partial charge on any atom is -0.378 e. The molecule has 0 spiro atoms. The standard InChI is InChI=1S/C14H22ClN3O/c15-11-2-7-14(18-10-11)17-8-1-9-19-13-5-3-12(16)4-6-13/h2,7,10,12-13H,1,3-6,8-9,16H2,(H,17,18). The predicted octanol–water partition coefficient (Wildman–Crippen LogP) is 2.82. The monoisotopic (exact) mass is 283 g/mol. The molecule has 1 aromatic heterocycles. The van der Waals surface area contributed by atoms with Gasteiger partial charge in [-0.2, -0.15) is 0 Å². The normalized spacial score (nSPS) is 23.3. The van der Waals surface area contributed by atoms with E-state index in [0.29, 0.717) is 17.2 Å². The van der Waals surface area contributed by atoms with Crippen LogP contribution in [0.1, 0.15) is 32.1 Å². The molecule has 1 heterocycles. The van der Waals surface area contributed by atoms with E-state index in [0.717, 1.165) is 51.1 Å². The highest BCUT2D eigenvalue weighted by Gasteiger charge is 2.18. The molecule has 1 saturated carbocycles. The molecule has 0 bridgehead atoms. The first-order valence-electron chi connectivity index (χ1n) is 6.96. The van der Waals surface area contributed by atoms with E-state index in [1.807, 2.05) is 12.1 Å². The van der Waals surface area contributed by atoms with Gasteiger partial charge in [-0.15, -0.1) is 0 Å². The van der Waals surface area contributed by atoms with Gasteiger partial charge >= 0.3 is 0 Å². The zero-order valence-corrected chi connectivity index (χ0v) is 11.9. The minimum absolute atomic E-state index is 0.387. The van der Waals surface area contributed by atoms with Crippen LogP contribution in [-0.2, 0) is 4.74 Å². The van der Waals surface area contributed by atoms with Gasteiger partial charge < -0.3 is 15.8 Å². The number of hydrogen-bond acceptors (Lipinski definition) is 4. The zero-order valence-electron chi connectivity index (χ0n) is 11.1. The third kappa shape index (κ3) is 5.35. The largest absolute Gasteiger partial charge is 0.378 e. The second-order valence-electron chi connectivity index (χ2n) is 5.05. The molecule has 4 nitrogen and oxygen atoms in total. The van der Waals surface area contributed by atoms with Gasteiger partial charge in [-0.05, 0) is 44.2 Å². The van der Waals surface area contributed by atoms with E-state index in [-0.39, 0.29) is 0 Å². The molecule has 0 aliphatic heterocycles. The van der Waals surface area contributed by atoms with E-state index in [2.05, 4.69) is 10.3 Å². The van der Waals surface area contributed by atoms with E-state index in [9.17, 15) is 0 Å². The molecule has 3 N–H and O–H groups in total. The van der Waals surface area contributed by atoms with Gasteiger partial charge in [-0.25, -0.2) is 4.98 Å². The smallest absolute Gasteiger partial charge is 0.125 e. The predicted molar refractivity (Wildman–Crippen MR) is 78.5 cm³/mol. The Morgan fingerprint density at radius 2 is 2.11 bits per heavy atom. The summed E-state index contributed by atoms with van der Waals surface area (Å²) in [5.74, 6) is 0.855. The van der Waals surface area contributed by atoms with Gasteiger partial charge in [0.2, 0.25) is 0 Å². The number of nitrogens with zero attached hydrogens (tertiary/aromatic N) is 1. The lowest BCUT2D eigenvalue weighted by atomic mass is 9.94. The van der Waals surface area contributed by atoms with Gasteiger partial charge in [0.25, 0.3) is 0 Å². The molecule has 0 amide bonds. The Kier molecular flexibility index (Phi) is 5.89. The summed E-state index contributed by atoms with van der Waals surface area (Å²) in [5.41, 5.74) is 5.87. The minimum atomic E-state index is 0.387. The molecule has 1 fully saturated rings. The number of nitrogens with two attached hydrogens (primary N) is 1. The Morgan fingerprint density at radius 3 is 2.79 bits per heavy atom. The number of rotatable bonds is 6. The summed E-state index contributed by atoms with van der Waals surface area (Å²) in [4.78, 5) is 4.18. The second kappa shape index (κ2) is 7.68. The molecule has 19 heavy (non-hydrogen) atoms. The SMILES string of the molecule is NC1CCC(OCCCNc2ccc(Cl)cn2)CC1. The van der Waals surface area contributed by atoms with Crippen LogP contribution >= 0.6 is 11.6 Å².